The van der Waals surface area contributed by atoms with Crippen LogP contribution in [-0.4, -0.2) is 46.6 Å². The Labute approximate surface area is 186 Å². The first-order valence-corrected chi connectivity index (χ1v) is 11.0. The number of halogens is 1. The van der Waals surface area contributed by atoms with Crippen LogP contribution >= 0.6 is 11.6 Å². The molecule has 1 N–H and O–H groups in total. The van der Waals surface area contributed by atoms with Gasteiger partial charge in [0.05, 0.1) is 5.56 Å². The minimum absolute atomic E-state index is 0.377. The fraction of sp³-hybridized carbons (Fsp3) is 0.280. The average Bonchev–Trinajstić information content (AvgIpc) is 2.79. The summed E-state index contributed by atoms with van der Waals surface area (Å²) in [6, 6.07) is 16.0. The minimum Gasteiger partial charge on any atom is -0.478 e. The Morgan fingerprint density at radius 2 is 1.97 bits per heavy atom. The molecule has 5 nitrogen and oxygen atoms in total. The Morgan fingerprint density at radius 3 is 2.77 bits per heavy atom. The zero-order chi connectivity index (χ0) is 21.4. The molecule has 0 spiro atoms. The van der Waals surface area contributed by atoms with E-state index in [0.717, 1.165) is 55.2 Å². The van der Waals surface area contributed by atoms with E-state index in [0.29, 0.717) is 11.6 Å². The van der Waals surface area contributed by atoms with Crippen molar-refractivity contribution in [2.75, 3.05) is 24.5 Å². The maximum atomic E-state index is 11.3. The predicted octanol–water partition coefficient (Wildman–Crippen LogP) is 4.74. The lowest BCUT2D eigenvalue weighted by Crippen LogP contribution is -2.54. The van der Waals surface area contributed by atoms with E-state index < -0.39 is 5.97 Å². The van der Waals surface area contributed by atoms with Gasteiger partial charge in [-0.3, -0.25) is 9.88 Å². The van der Waals surface area contributed by atoms with Gasteiger partial charge in [0.1, 0.15) is 0 Å². The number of hydrogen-bond acceptors (Lipinski definition) is 4. The number of pyridine rings is 1. The molecule has 1 fully saturated rings. The molecular formula is C25H24ClN3O2. The van der Waals surface area contributed by atoms with Gasteiger partial charge >= 0.3 is 5.97 Å². The van der Waals surface area contributed by atoms with Crippen molar-refractivity contribution in [1.29, 1.82) is 0 Å². The maximum absolute atomic E-state index is 11.3. The molecule has 0 bridgehead atoms. The van der Waals surface area contributed by atoms with Crippen LogP contribution in [0.1, 0.15) is 27.9 Å². The number of carboxylic acids is 1. The Morgan fingerprint density at radius 1 is 1.13 bits per heavy atom. The number of anilines is 1. The molecule has 3 aromatic rings. The Hall–Kier alpha value is -2.89. The van der Waals surface area contributed by atoms with Crippen LogP contribution in [0.15, 0.2) is 60.9 Å². The standard InChI is InChI=1S/C25H24ClN3O2/c26-21-5-1-17(2-6-21)23-9-10-27-14-20(23)15-28-11-12-29-22(16-28)7-3-18-13-19(25(30)31)4-8-24(18)29/h1-2,4-6,8-10,13-14,22H,3,7,11-12,15-16H2,(H,30,31)/t22-/m1/s1. The summed E-state index contributed by atoms with van der Waals surface area (Å²) in [6.45, 7) is 3.77. The second kappa shape index (κ2) is 8.33. The molecular weight excluding hydrogens is 410 g/mol. The second-order valence-corrected chi connectivity index (χ2v) is 8.75. The van der Waals surface area contributed by atoms with Crippen LogP contribution < -0.4 is 4.90 Å². The van der Waals surface area contributed by atoms with Gasteiger partial charge in [0.25, 0.3) is 0 Å². The number of aromatic nitrogens is 1. The molecule has 2 aromatic carbocycles. The number of fused-ring (bicyclic) bond motifs is 3. The fourth-order valence-corrected chi connectivity index (χ4v) is 4.98. The Kier molecular flexibility index (Phi) is 5.38. The number of carboxylic acid groups (broad SMARTS) is 1. The normalized spacial score (nSPS) is 18.4. The van der Waals surface area contributed by atoms with E-state index in [1.807, 2.05) is 36.7 Å². The highest BCUT2D eigenvalue weighted by Gasteiger charge is 2.32. The number of piperazine rings is 1. The molecule has 158 valence electrons. The summed E-state index contributed by atoms with van der Waals surface area (Å²) in [5, 5.41) is 10.0. The second-order valence-electron chi connectivity index (χ2n) is 8.31. The number of aromatic carboxylic acids is 1. The van der Waals surface area contributed by atoms with E-state index >= 15 is 0 Å². The van der Waals surface area contributed by atoms with Crippen molar-refractivity contribution in [3.05, 3.63) is 82.6 Å². The third-order valence-corrected chi connectivity index (χ3v) is 6.65. The highest BCUT2D eigenvalue weighted by molar-refractivity contribution is 6.30. The van der Waals surface area contributed by atoms with Gasteiger partial charge in [-0.05, 0) is 71.5 Å². The number of aryl methyl sites for hydroxylation is 1. The number of carbonyl (C=O) groups is 1. The third kappa shape index (κ3) is 4.03. The van der Waals surface area contributed by atoms with E-state index in [9.17, 15) is 9.90 Å². The molecule has 1 aromatic heterocycles. The lowest BCUT2D eigenvalue weighted by molar-refractivity contribution is 0.0696. The molecule has 1 saturated heterocycles. The summed E-state index contributed by atoms with van der Waals surface area (Å²) in [7, 11) is 0. The first-order valence-electron chi connectivity index (χ1n) is 10.6. The lowest BCUT2D eigenvalue weighted by Gasteiger charge is -2.46. The Balaban J connectivity index is 1.33. The zero-order valence-corrected chi connectivity index (χ0v) is 17.9. The third-order valence-electron chi connectivity index (χ3n) is 6.40. The minimum atomic E-state index is -0.859. The maximum Gasteiger partial charge on any atom is 0.335 e. The van der Waals surface area contributed by atoms with Gasteiger partial charge in [-0.15, -0.1) is 0 Å². The smallest absolute Gasteiger partial charge is 0.335 e. The fourth-order valence-electron chi connectivity index (χ4n) is 4.85. The SMILES string of the molecule is O=C(O)c1ccc2c(c1)CC[C@@H]1CN(Cc3cnccc3-c3ccc(Cl)cc3)CCN21. The number of rotatable bonds is 4. The molecule has 2 aliphatic heterocycles. The van der Waals surface area contributed by atoms with E-state index in [1.165, 1.54) is 16.8 Å². The lowest BCUT2D eigenvalue weighted by atomic mass is 9.92. The van der Waals surface area contributed by atoms with Crippen LogP contribution in [0, 0.1) is 0 Å². The quantitative estimate of drug-likeness (QED) is 0.644. The van der Waals surface area contributed by atoms with Crippen molar-refractivity contribution in [1.82, 2.24) is 9.88 Å². The molecule has 3 heterocycles. The average molecular weight is 434 g/mol. The topological polar surface area (TPSA) is 56.7 Å². The van der Waals surface area contributed by atoms with Gasteiger partial charge in [-0.2, -0.15) is 0 Å². The Bertz CT molecular complexity index is 1120. The van der Waals surface area contributed by atoms with E-state index in [4.69, 9.17) is 11.6 Å². The van der Waals surface area contributed by atoms with Crippen molar-refractivity contribution >= 4 is 23.3 Å². The number of nitrogens with zero attached hydrogens (tertiary/aromatic N) is 3. The van der Waals surface area contributed by atoms with Crippen molar-refractivity contribution in [3.63, 3.8) is 0 Å². The van der Waals surface area contributed by atoms with Crippen molar-refractivity contribution in [2.45, 2.75) is 25.4 Å². The van der Waals surface area contributed by atoms with Crippen molar-refractivity contribution in [3.8, 4) is 11.1 Å². The molecule has 0 aliphatic carbocycles. The molecule has 2 aliphatic rings. The van der Waals surface area contributed by atoms with E-state index in [-0.39, 0.29) is 0 Å². The van der Waals surface area contributed by atoms with Crippen LogP contribution in [0.4, 0.5) is 5.69 Å². The summed E-state index contributed by atoms with van der Waals surface area (Å²) in [6.07, 6.45) is 5.78. The van der Waals surface area contributed by atoms with E-state index in [1.54, 1.807) is 6.07 Å². The van der Waals surface area contributed by atoms with Gasteiger partial charge in [0.15, 0.2) is 0 Å². The summed E-state index contributed by atoms with van der Waals surface area (Å²) >= 11 is 6.07. The highest BCUT2D eigenvalue weighted by Crippen LogP contribution is 2.34. The van der Waals surface area contributed by atoms with Crippen LogP contribution in [0.3, 0.4) is 0 Å². The molecule has 1 atom stereocenters. The van der Waals surface area contributed by atoms with Gasteiger partial charge in [-0.1, -0.05) is 23.7 Å². The molecule has 0 amide bonds. The molecule has 5 rings (SSSR count). The van der Waals surface area contributed by atoms with Crippen LogP contribution in [-0.2, 0) is 13.0 Å². The molecule has 6 heteroatoms. The summed E-state index contributed by atoms with van der Waals surface area (Å²) < 4.78 is 0. The van der Waals surface area contributed by atoms with Crippen LogP contribution in [0.2, 0.25) is 5.02 Å². The molecule has 31 heavy (non-hydrogen) atoms. The largest absolute Gasteiger partial charge is 0.478 e. The summed E-state index contributed by atoms with van der Waals surface area (Å²) in [5.74, 6) is -0.859. The van der Waals surface area contributed by atoms with Crippen molar-refractivity contribution < 1.29 is 9.90 Å². The zero-order valence-electron chi connectivity index (χ0n) is 17.2. The summed E-state index contributed by atoms with van der Waals surface area (Å²) in [5.41, 5.74) is 6.30. The van der Waals surface area contributed by atoms with Gasteiger partial charge < -0.3 is 10.0 Å². The first-order chi connectivity index (χ1) is 15.1. The van der Waals surface area contributed by atoms with Gasteiger partial charge in [0, 0.05) is 55.3 Å². The monoisotopic (exact) mass is 433 g/mol. The number of benzene rings is 2. The molecule has 0 radical (unpaired) electrons. The molecule has 0 saturated carbocycles. The van der Waals surface area contributed by atoms with Crippen LogP contribution in [0.5, 0.6) is 0 Å². The van der Waals surface area contributed by atoms with Gasteiger partial charge in [-0.25, -0.2) is 4.79 Å². The van der Waals surface area contributed by atoms with Crippen LogP contribution in [0.25, 0.3) is 11.1 Å². The predicted molar refractivity (Wildman–Crippen MR) is 123 cm³/mol. The summed E-state index contributed by atoms with van der Waals surface area (Å²) in [4.78, 5) is 20.6. The van der Waals surface area contributed by atoms with Crippen molar-refractivity contribution in [2.24, 2.45) is 0 Å². The highest BCUT2D eigenvalue weighted by atomic mass is 35.5. The van der Waals surface area contributed by atoms with Gasteiger partial charge in [0.2, 0.25) is 0 Å². The first kappa shape index (κ1) is 20.0. The number of hydrogen-bond donors (Lipinski definition) is 1. The molecule has 0 unspecified atom stereocenters. The van der Waals surface area contributed by atoms with E-state index in [2.05, 4.69) is 33.0 Å².